The van der Waals surface area contributed by atoms with E-state index < -0.39 is 65.6 Å². The average molecular weight is 320 g/mol. The minimum absolute atomic E-state index is 0.187. The summed E-state index contributed by atoms with van der Waals surface area (Å²) in [4.78, 5) is 45.0. The van der Waals surface area contributed by atoms with E-state index in [1.807, 2.05) is 0 Å². The van der Waals surface area contributed by atoms with Crippen LogP contribution in [0.5, 0.6) is 0 Å². The second-order valence-corrected chi connectivity index (χ2v) is 5.58. The molecule has 1 aliphatic carbocycles. The molecular weight excluding hydrogens is 302 g/mol. The maximum absolute atomic E-state index is 11.7. The third-order valence-electron chi connectivity index (χ3n) is 4.10. The van der Waals surface area contributed by atoms with Gasteiger partial charge >= 0.3 is 23.9 Å². The zero-order valence-electron chi connectivity index (χ0n) is 11.8. The SMILES string of the molecule is CC(O)C1CC1(C(=O)O)[N+](CC(=O)O)(CC(=O)O)CC(=O)O. The van der Waals surface area contributed by atoms with E-state index in [1.165, 1.54) is 6.92 Å². The number of carbonyl (C=O) groups is 4. The summed E-state index contributed by atoms with van der Waals surface area (Å²) in [6.45, 7) is -1.64. The van der Waals surface area contributed by atoms with Crippen LogP contribution in [0.3, 0.4) is 0 Å². The van der Waals surface area contributed by atoms with E-state index in [0.717, 1.165) is 0 Å². The fraction of sp³-hybridized carbons (Fsp3) is 0.667. The van der Waals surface area contributed by atoms with Crippen LogP contribution in [-0.2, 0) is 19.2 Å². The first-order valence-electron chi connectivity index (χ1n) is 6.41. The van der Waals surface area contributed by atoms with Gasteiger partial charge in [0.2, 0.25) is 5.54 Å². The van der Waals surface area contributed by atoms with Crippen LogP contribution in [0.15, 0.2) is 0 Å². The summed E-state index contributed by atoms with van der Waals surface area (Å²) in [5.74, 6) is -6.97. The number of quaternary nitrogens is 1. The lowest BCUT2D eigenvalue weighted by molar-refractivity contribution is -0.935. The average Bonchev–Trinajstić information content (AvgIpc) is 3.01. The smallest absolute Gasteiger partial charge is 0.366 e. The number of carboxylic acid groups (broad SMARTS) is 4. The van der Waals surface area contributed by atoms with Gasteiger partial charge in [0.1, 0.15) is 0 Å². The van der Waals surface area contributed by atoms with E-state index in [9.17, 15) is 29.4 Å². The Morgan fingerprint density at radius 1 is 1.00 bits per heavy atom. The highest BCUT2D eigenvalue weighted by atomic mass is 16.4. The highest BCUT2D eigenvalue weighted by Crippen LogP contribution is 2.54. The molecule has 22 heavy (non-hydrogen) atoms. The predicted molar refractivity (Wildman–Crippen MR) is 67.9 cm³/mol. The molecule has 0 radical (unpaired) electrons. The van der Waals surface area contributed by atoms with Crippen LogP contribution >= 0.6 is 0 Å². The van der Waals surface area contributed by atoms with Gasteiger partial charge in [-0.15, -0.1) is 0 Å². The number of rotatable bonds is 9. The third-order valence-corrected chi connectivity index (χ3v) is 4.10. The molecule has 0 aromatic carbocycles. The van der Waals surface area contributed by atoms with E-state index >= 15 is 0 Å². The Bertz CT molecular complexity index is 474. The lowest BCUT2D eigenvalue weighted by Crippen LogP contribution is -2.67. The molecule has 10 heteroatoms. The zero-order chi connectivity index (χ0) is 17.3. The van der Waals surface area contributed by atoms with Crippen molar-refractivity contribution in [2.45, 2.75) is 25.0 Å². The molecule has 0 aromatic heterocycles. The van der Waals surface area contributed by atoms with Gasteiger partial charge in [0.25, 0.3) is 0 Å². The topological polar surface area (TPSA) is 169 Å². The molecule has 5 N–H and O–H groups in total. The second kappa shape index (κ2) is 5.89. The van der Waals surface area contributed by atoms with Crippen LogP contribution < -0.4 is 0 Å². The molecule has 1 aliphatic rings. The maximum Gasteiger partial charge on any atom is 0.366 e. The zero-order valence-corrected chi connectivity index (χ0v) is 11.8. The molecule has 0 heterocycles. The summed E-state index contributed by atoms with van der Waals surface area (Å²) in [6, 6.07) is 0. The van der Waals surface area contributed by atoms with E-state index in [4.69, 9.17) is 15.3 Å². The molecule has 1 fully saturated rings. The van der Waals surface area contributed by atoms with Crippen LogP contribution in [0.1, 0.15) is 13.3 Å². The number of hydrogen-bond acceptors (Lipinski definition) is 5. The van der Waals surface area contributed by atoms with Crippen molar-refractivity contribution in [2.24, 2.45) is 5.92 Å². The molecule has 0 saturated heterocycles. The van der Waals surface area contributed by atoms with Gasteiger partial charge < -0.3 is 25.5 Å². The number of nitrogens with zero attached hydrogens (tertiary/aromatic N) is 1. The summed E-state index contributed by atoms with van der Waals surface area (Å²) in [6.07, 6.45) is -1.32. The largest absolute Gasteiger partial charge is 0.477 e. The molecule has 0 aromatic rings. The first-order valence-corrected chi connectivity index (χ1v) is 6.41. The van der Waals surface area contributed by atoms with Crippen LogP contribution in [-0.4, -0.2) is 85.2 Å². The van der Waals surface area contributed by atoms with Gasteiger partial charge in [-0.1, -0.05) is 0 Å². The number of aliphatic carboxylic acids is 4. The highest BCUT2D eigenvalue weighted by molar-refractivity contribution is 5.84. The van der Waals surface area contributed by atoms with E-state index in [-0.39, 0.29) is 6.42 Å². The van der Waals surface area contributed by atoms with Gasteiger partial charge in [-0.25, -0.2) is 19.2 Å². The molecule has 3 atom stereocenters. The Morgan fingerprint density at radius 3 is 1.55 bits per heavy atom. The Kier molecular flexibility index (Phi) is 4.78. The fourth-order valence-corrected chi connectivity index (χ4v) is 3.21. The third kappa shape index (κ3) is 3.02. The first-order chi connectivity index (χ1) is 9.98. The minimum atomic E-state index is -1.94. The Morgan fingerprint density at radius 2 is 1.36 bits per heavy atom. The van der Waals surface area contributed by atoms with Gasteiger partial charge in [-0.3, -0.25) is 4.48 Å². The molecular formula is C12H18NO9+. The molecule has 1 rings (SSSR count). The van der Waals surface area contributed by atoms with Crippen LogP contribution in [0.25, 0.3) is 0 Å². The van der Waals surface area contributed by atoms with Crippen molar-refractivity contribution in [3.63, 3.8) is 0 Å². The summed E-state index contributed by atoms with van der Waals surface area (Å²) in [5.41, 5.74) is -1.94. The molecule has 0 spiro atoms. The van der Waals surface area contributed by atoms with Crippen molar-refractivity contribution in [3.05, 3.63) is 0 Å². The Labute approximate surface area is 124 Å². The van der Waals surface area contributed by atoms with Crippen molar-refractivity contribution >= 4 is 23.9 Å². The normalized spacial score (nSPS) is 25.3. The summed E-state index contributed by atoms with van der Waals surface area (Å²) in [5, 5.41) is 46.2. The van der Waals surface area contributed by atoms with Gasteiger partial charge in [0.05, 0.1) is 12.0 Å². The standard InChI is InChI=1S/C12H17NO9/c1-6(14)7-2-12(7,11(21)22)13(3-8(15)16,4-9(17)18)5-10(19)20/h6-7,14H,2-5H2,1H3,(H3-,15,16,17,18,19,20,21,22)/p+1. The van der Waals surface area contributed by atoms with Gasteiger partial charge in [-0.2, -0.15) is 0 Å². The molecule has 1 saturated carbocycles. The Hall–Kier alpha value is -2.20. The van der Waals surface area contributed by atoms with E-state index in [2.05, 4.69) is 0 Å². The lowest BCUT2D eigenvalue weighted by Gasteiger charge is -2.40. The summed E-state index contributed by atoms with van der Waals surface area (Å²) in [7, 11) is 0. The highest BCUT2D eigenvalue weighted by Gasteiger charge is 2.76. The van der Waals surface area contributed by atoms with Crippen LogP contribution in [0.4, 0.5) is 0 Å². The number of aliphatic hydroxyl groups excluding tert-OH is 1. The van der Waals surface area contributed by atoms with Crippen molar-refractivity contribution < 1.29 is 49.2 Å². The quantitative estimate of drug-likeness (QED) is 0.310. The molecule has 3 unspecified atom stereocenters. The van der Waals surface area contributed by atoms with Gasteiger partial charge in [0, 0.05) is 6.42 Å². The van der Waals surface area contributed by atoms with E-state index in [1.54, 1.807) is 0 Å². The predicted octanol–water partition coefficient (Wildman–Crippen LogP) is -1.72. The van der Waals surface area contributed by atoms with Gasteiger partial charge in [0.15, 0.2) is 19.6 Å². The monoisotopic (exact) mass is 320 g/mol. The fourth-order valence-electron chi connectivity index (χ4n) is 3.21. The number of aliphatic hydroxyl groups is 1. The van der Waals surface area contributed by atoms with Crippen molar-refractivity contribution in [1.82, 2.24) is 0 Å². The Balaban J connectivity index is 3.44. The first kappa shape index (κ1) is 17.9. The molecule has 0 aliphatic heterocycles. The molecule has 0 amide bonds. The molecule has 124 valence electrons. The summed E-state index contributed by atoms with van der Waals surface area (Å²) < 4.78 is -1.18. The van der Waals surface area contributed by atoms with Crippen LogP contribution in [0, 0.1) is 5.92 Å². The minimum Gasteiger partial charge on any atom is -0.477 e. The maximum atomic E-state index is 11.7. The number of hydrogen-bond donors (Lipinski definition) is 5. The van der Waals surface area contributed by atoms with Crippen molar-refractivity contribution in [1.29, 1.82) is 0 Å². The number of carboxylic acids is 4. The van der Waals surface area contributed by atoms with Gasteiger partial charge in [-0.05, 0) is 6.92 Å². The lowest BCUT2D eigenvalue weighted by atomic mass is 10.0. The second-order valence-electron chi connectivity index (χ2n) is 5.58. The van der Waals surface area contributed by atoms with Crippen LogP contribution in [0.2, 0.25) is 0 Å². The molecule has 10 nitrogen and oxygen atoms in total. The summed E-state index contributed by atoms with van der Waals surface area (Å²) >= 11 is 0. The van der Waals surface area contributed by atoms with Crippen molar-refractivity contribution in [3.8, 4) is 0 Å². The molecule has 0 bridgehead atoms. The van der Waals surface area contributed by atoms with Crippen molar-refractivity contribution in [2.75, 3.05) is 19.6 Å². The van der Waals surface area contributed by atoms with E-state index in [0.29, 0.717) is 0 Å².